The average molecular weight is 234 g/mol. The Labute approximate surface area is 101 Å². The predicted octanol–water partition coefficient (Wildman–Crippen LogP) is 1.79. The first-order chi connectivity index (χ1) is 8.08. The first kappa shape index (κ1) is 13.2. The Kier molecular flexibility index (Phi) is 5.20. The van der Waals surface area contributed by atoms with Gasteiger partial charge in [0.15, 0.2) is 0 Å². The van der Waals surface area contributed by atoms with E-state index in [1.165, 1.54) is 0 Å². The summed E-state index contributed by atoms with van der Waals surface area (Å²) in [5.41, 5.74) is 0.703. The normalized spacial score (nSPS) is 10.1. The average Bonchev–Trinajstić information content (AvgIpc) is 2.27. The van der Waals surface area contributed by atoms with Gasteiger partial charge in [-0.15, -0.1) is 0 Å². The van der Waals surface area contributed by atoms with E-state index in [4.69, 9.17) is 0 Å². The number of hydrogen-bond acceptors (Lipinski definition) is 2. The van der Waals surface area contributed by atoms with Crippen molar-refractivity contribution in [2.24, 2.45) is 5.92 Å². The largest absolute Gasteiger partial charge is 0.355 e. The van der Waals surface area contributed by atoms with Crippen LogP contribution >= 0.6 is 0 Å². The van der Waals surface area contributed by atoms with E-state index in [2.05, 4.69) is 10.6 Å². The summed E-state index contributed by atoms with van der Waals surface area (Å²) >= 11 is 0. The van der Waals surface area contributed by atoms with Gasteiger partial charge in [-0.3, -0.25) is 9.59 Å². The Morgan fingerprint density at radius 1 is 1.12 bits per heavy atom. The summed E-state index contributed by atoms with van der Waals surface area (Å²) in [5.74, 6) is -0.152. The maximum Gasteiger partial charge on any atom is 0.233 e. The van der Waals surface area contributed by atoms with Gasteiger partial charge in [0.25, 0.3) is 0 Å². The van der Waals surface area contributed by atoms with Crippen molar-refractivity contribution < 1.29 is 9.59 Å². The molecule has 0 radical (unpaired) electrons. The highest BCUT2D eigenvalue weighted by atomic mass is 16.2. The van der Waals surface area contributed by atoms with E-state index in [0.29, 0.717) is 18.2 Å². The Bertz CT molecular complexity index is 374. The molecule has 0 aliphatic carbocycles. The lowest BCUT2D eigenvalue weighted by Crippen LogP contribution is -2.30. The molecule has 1 rings (SSSR count). The molecule has 0 bridgehead atoms. The second-order valence-electron chi connectivity index (χ2n) is 4.29. The van der Waals surface area contributed by atoms with Crippen molar-refractivity contribution in [1.82, 2.24) is 5.32 Å². The standard InChI is InChI=1S/C13H18N2O2/c1-10(2)9-14-12(16)8-13(17)15-11-6-4-3-5-7-11/h3-7,10H,8-9H2,1-2H3,(H,14,16)(H,15,17). The van der Waals surface area contributed by atoms with Gasteiger partial charge in [-0.2, -0.15) is 0 Å². The van der Waals surface area contributed by atoms with E-state index < -0.39 is 0 Å². The predicted molar refractivity (Wildman–Crippen MR) is 67.5 cm³/mol. The van der Waals surface area contributed by atoms with Crippen molar-refractivity contribution in [3.05, 3.63) is 30.3 Å². The molecular formula is C13H18N2O2. The molecule has 92 valence electrons. The molecule has 4 heteroatoms. The first-order valence-electron chi connectivity index (χ1n) is 5.69. The highest BCUT2D eigenvalue weighted by molar-refractivity contribution is 6.03. The zero-order valence-corrected chi connectivity index (χ0v) is 10.2. The molecule has 0 heterocycles. The third-order valence-corrected chi connectivity index (χ3v) is 2.09. The zero-order chi connectivity index (χ0) is 12.7. The minimum Gasteiger partial charge on any atom is -0.355 e. The van der Waals surface area contributed by atoms with Crippen molar-refractivity contribution in [2.45, 2.75) is 20.3 Å². The van der Waals surface area contributed by atoms with Gasteiger partial charge in [0.2, 0.25) is 11.8 Å². The lowest BCUT2D eigenvalue weighted by molar-refractivity contribution is -0.126. The molecule has 2 N–H and O–H groups in total. The Morgan fingerprint density at radius 2 is 1.76 bits per heavy atom. The van der Waals surface area contributed by atoms with Crippen molar-refractivity contribution in [3.63, 3.8) is 0 Å². The molecule has 0 aliphatic rings. The smallest absolute Gasteiger partial charge is 0.233 e. The number of nitrogens with one attached hydrogen (secondary N) is 2. The minimum atomic E-state index is -0.294. The van der Waals surface area contributed by atoms with Crippen LogP contribution in [0.5, 0.6) is 0 Å². The van der Waals surface area contributed by atoms with Crippen LogP contribution in [0, 0.1) is 5.92 Å². The van der Waals surface area contributed by atoms with Gasteiger partial charge in [0, 0.05) is 12.2 Å². The fourth-order valence-corrected chi connectivity index (χ4v) is 1.25. The highest BCUT2D eigenvalue weighted by Gasteiger charge is 2.09. The van der Waals surface area contributed by atoms with Gasteiger partial charge in [0.05, 0.1) is 0 Å². The van der Waals surface area contributed by atoms with Gasteiger partial charge < -0.3 is 10.6 Å². The van der Waals surface area contributed by atoms with E-state index in [1.54, 1.807) is 12.1 Å². The van der Waals surface area contributed by atoms with Crippen LogP contribution in [0.15, 0.2) is 30.3 Å². The Hall–Kier alpha value is -1.84. The molecule has 2 amide bonds. The Balaban J connectivity index is 2.32. The van der Waals surface area contributed by atoms with Crippen molar-refractivity contribution >= 4 is 17.5 Å². The van der Waals surface area contributed by atoms with Gasteiger partial charge in [-0.1, -0.05) is 32.0 Å². The van der Waals surface area contributed by atoms with Crippen molar-refractivity contribution in [3.8, 4) is 0 Å². The molecule has 0 saturated heterocycles. The van der Waals surface area contributed by atoms with Crippen LogP contribution in [-0.4, -0.2) is 18.4 Å². The molecular weight excluding hydrogens is 216 g/mol. The minimum absolute atomic E-state index is 0.137. The van der Waals surface area contributed by atoms with Crippen LogP contribution in [0.25, 0.3) is 0 Å². The van der Waals surface area contributed by atoms with Crippen molar-refractivity contribution in [2.75, 3.05) is 11.9 Å². The molecule has 1 aromatic rings. The maximum absolute atomic E-state index is 11.5. The lowest BCUT2D eigenvalue weighted by Gasteiger charge is -2.08. The molecule has 1 aromatic carbocycles. The lowest BCUT2D eigenvalue weighted by atomic mass is 10.2. The number of hydrogen-bond donors (Lipinski definition) is 2. The number of amides is 2. The number of benzene rings is 1. The monoisotopic (exact) mass is 234 g/mol. The summed E-state index contributed by atoms with van der Waals surface area (Å²) in [4.78, 5) is 22.9. The van der Waals surface area contributed by atoms with Crippen LogP contribution in [-0.2, 0) is 9.59 Å². The van der Waals surface area contributed by atoms with E-state index in [-0.39, 0.29) is 18.2 Å². The van der Waals surface area contributed by atoms with Crippen LogP contribution in [0.4, 0.5) is 5.69 Å². The van der Waals surface area contributed by atoms with E-state index in [1.807, 2.05) is 32.0 Å². The van der Waals surface area contributed by atoms with Gasteiger partial charge in [0.1, 0.15) is 6.42 Å². The molecule has 0 aliphatic heterocycles. The molecule has 0 fully saturated rings. The molecule has 17 heavy (non-hydrogen) atoms. The van der Waals surface area contributed by atoms with Crippen LogP contribution < -0.4 is 10.6 Å². The number of carbonyl (C=O) groups excluding carboxylic acids is 2. The highest BCUT2D eigenvalue weighted by Crippen LogP contribution is 2.05. The number of carbonyl (C=O) groups is 2. The third kappa shape index (κ3) is 5.70. The van der Waals surface area contributed by atoms with Gasteiger partial charge in [-0.05, 0) is 18.1 Å². The summed E-state index contributed by atoms with van der Waals surface area (Å²) in [7, 11) is 0. The molecule has 0 saturated carbocycles. The summed E-state index contributed by atoms with van der Waals surface area (Å²) in [6, 6.07) is 9.09. The maximum atomic E-state index is 11.5. The molecule has 0 spiro atoms. The molecule has 4 nitrogen and oxygen atoms in total. The van der Waals surface area contributed by atoms with Crippen LogP contribution in [0.1, 0.15) is 20.3 Å². The quantitative estimate of drug-likeness (QED) is 0.763. The SMILES string of the molecule is CC(C)CNC(=O)CC(=O)Nc1ccccc1. The van der Waals surface area contributed by atoms with Crippen LogP contribution in [0.2, 0.25) is 0 Å². The number of anilines is 1. The van der Waals surface area contributed by atoms with E-state index in [0.717, 1.165) is 0 Å². The fraction of sp³-hybridized carbons (Fsp3) is 0.385. The number of rotatable bonds is 5. The summed E-state index contributed by atoms with van der Waals surface area (Å²) in [6.07, 6.45) is -0.137. The second kappa shape index (κ2) is 6.68. The summed E-state index contributed by atoms with van der Waals surface area (Å²) in [6.45, 7) is 4.60. The third-order valence-electron chi connectivity index (χ3n) is 2.09. The topological polar surface area (TPSA) is 58.2 Å². The van der Waals surface area contributed by atoms with Gasteiger partial charge >= 0.3 is 0 Å². The van der Waals surface area contributed by atoms with Crippen LogP contribution in [0.3, 0.4) is 0 Å². The van der Waals surface area contributed by atoms with E-state index in [9.17, 15) is 9.59 Å². The molecule has 0 unspecified atom stereocenters. The van der Waals surface area contributed by atoms with Gasteiger partial charge in [-0.25, -0.2) is 0 Å². The first-order valence-corrected chi connectivity index (χ1v) is 5.69. The van der Waals surface area contributed by atoms with Crippen molar-refractivity contribution in [1.29, 1.82) is 0 Å². The molecule has 0 aromatic heterocycles. The second-order valence-corrected chi connectivity index (χ2v) is 4.29. The summed E-state index contributed by atoms with van der Waals surface area (Å²) < 4.78 is 0. The van der Waals surface area contributed by atoms with E-state index >= 15 is 0 Å². The summed E-state index contributed by atoms with van der Waals surface area (Å²) in [5, 5.41) is 5.36. The Morgan fingerprint density at radius 3 is 2.35 bits per heavy atom. The molecule has 0 atom stereocenters. The fourth-order valence-electron chi connectivity index (χ4n) is 1.25. The number of para-hydroxylation sites is 1. The zero-order valence-electron chi connectivity index (χ0n) is 10.2.